The molecule has 2 atom stereocenters. The highest BCUT2D eigenvalue weighted by molar-refractivity contribution is 9.10. The average molecular weight is 352 g/mol. The van der Waals surface area contributed by atoms with Crippen LogP contribution in [0.15, 0.2) is 22.7 Å². The maximum absolute atomic E-state index is 11.8. The molecule has 3 rings (SSSR count). The summed E-state index contributed by atoms with van der Waals surface area (Å²) in [5.74, 6) is 0.305. The Morgan fingerprint density at radius 3 is 2.90 bits per heavy atom. The van der Waals surface area contributed by atoms with Crippen molar-refractivity contribution in [1.29, 1.82) is 0 Å². The van der Waals surface area contributed by atoms with Gasteiger partial charge < -0.3 is 16.0 Å². The fourth-order valence-corrected chi connectivity index (χ4v) is 4.24. The Kier molecular flexibility index (Phi) is 4.50. The van der Waals surface area contributed by atoms with Crippen LogP contribution >= 0.6 is 15.9 Å². The lowest BCUT2D eigenvalue weighted by Gasteiger charge is -2.38. The third-order valence-corrected chi connectivity index (χ3v) is 5.36. The number of nitrogens with zero attached hydrogens (tertiary/aromatic N) is 1. The van der Waals surface area contributed by atoms with E-state index in [1.165, 1.54) is 25.7 Å². The minimum atomic E-state index is -0.362. The molecule has 2 aliphatic heterocycles. The van der Waals surface area contributed by atoms with E-state index in [-0.39, 0.29) is 5.91 Å². The first-order valence-corrected chi connectivity index (χ1v) is 8.53. The van der Waals surface area contributed by atoms with E-state index in [0.29, 0.717) is 17.5 Å². The van der Waals surface area contributed by atoms with Gasteiger partial charge in [-0.3, -0.25) is 4.79 Å². The largest absolute Gasteiger partial charge is 0.371 e. The quantitative estimate of drug-likeness (QED) is 0.879. The molecule has 1 amide bonds. The third kappa shape index (κ3) is 3.09. The van der Waals surface area contributed by atoms with Crippen molar-refractivity contribution in [3.05, 3.63) is 28.2 Å². The molecule has 1 aromatic carbocycles. The fraction of sp³-hybridized carbons (Fsp3) is 0.562. The van der Waals surface area contributed by atoms with E-state index >= 15 is 0 Å². The number of piperidine rings is 1. The standard InChI is InChI=1S/C16H22BrN3O/c17-12-5-1-7-14(15(12)16(18)21)20-9-3-4-11(10-20)13-6-2-8-19-13/h1,5,7,11,13,19H,2-4,6,8-10H2,(H2,18,21). The Morgan fingerprint density at radius 1 is 1.33 bits per heavy atom. The van der Waals surface area contributed by atoms with Crippen molar-refractivity contribution >= 4 is 27.5 Å². The number of carbonyl (C=O) groups excluding carboxylic acids is 1. The maximum Gasteiger partial charge on any atom is 0.251 e. The van der Waals surface area contributed by atoms with Gasteiger partial charge in [-0.05, 0) is 66.2 Å². The van der Waals surface area contributed by atoms with Crippen LogP contribution in [0.1, 0.15) is 36.0 Å². The van der Waals surface area contributed by atoms with E-state index in [4.69, 9.17) is 5.73 Å². The van der Waals surface area contributed by atoms with Gasteiger partial charge in [0, 0.05) is 23.6 Å². The zero-order valence-corrected chi connectivity index (χ0v) is 13.7. The van der Waals surface area contributed by atoms with Gasteiger partial charge in [-0.15, -0.1) is 0 Å². The minimum Gasteiger partial charge on any atom is -0.371 e. The summed E-state index contributed by atoms with van der Waals surface area (Å²) in [5.41, 5.74) is 7.15. The molecule has 2 saturated heterocycles. The first kappa shape index (κ1) is 14.9. The van der Waals surface area contributed by atoms with Crippen LogP contribution in [0.3, 0.4) is 0 Å². The summed E-state index contributed by atoms with van der Waals surface area (Å²) in [4.78, 5) is 14.1. The second-order valence-electron chi connectivity index (χ2n) is 6.05. The average Bonchev–Trinajstić information content (AvgIpc) is 3.01. The van der Waals surface area contributed by atoms with Gasteiger partial charge in [0.05, 0.1) is 11.3 Å². The molecule has 4 nitrogen and oxygen atoms in total. The Bertz CT molecular complexity index is 528. The van der Waals surface area contributed by atoms with Gasteiger partial charge in [-0.25, -0.2) is 0 Å². The van der Waals surface area contributed by atoms with Crippen molar-refractivity contribution in [2.24, 2.45) is 11.7 Å². The fourth-order valence-electron chi connectivity index (χ4n) is 3.69. The molecule has 114 valence electrons. The van der Waals surface area contributed by atoms with Crippen LogP contribution in [0.25, 0.3) is 0 Å². The van der Waals surface area contributed by atoms with Crippen molar-refractivity contribution in [2.45, 2.75) is 31.7 Å². The molecule has 5 heteroatoms. The molecule has 3 N–H and O–H groups in total. The number of nitrogens with two attached hydrogens (primary N) is 1. The highest BCUT2D eigenvalue weighted by Gasteiger charge is 2.30. The topological polar surface area (TPSA) is 58.4 Å². The zero-order chi connectivity index (χ0) is 14.8. The smallest absolute Gasteiger partial charge is 0.251 e. The van der Waals surface area contributed by atoms with E-state index < -0.39 is 0 Å². The molecule has 1 aromatic rings. The highest BCUT2D eigenvalue weighted by Crippen LogP contribution is 2.32. The summed E-state index contributed by atoms with van der Waals surface area (Å²) in [6, 6.07) is 6.50. The van der Waals surface area contributed by atoms with Gasteiger partial charge in [0.1, 0.15) is 0 Å². The van der Waals surface area contributed by atoms with E-state index in [2.05, 4.69) is 26.1 Å². The molecule has 21 heavy (non-hydrogen) atoms. The van der Waals surface area contributed by atoms with Crippen LogP contribution in [-0.4, -0.2) is 31.6 Å². The van der Waals surface area contributed by atoms with Crippen LogP contribution < -0.4 is 16.0 Å². The van der Waals surface area contributed by atoms with Gasteiger partial charge in [0.2, 0.25) is 0 Å². The van der Waals surface area contributed by atoms with Crippen molar-refractivity contribution in [3.63, 3.8) is 0 Å². The van der Waals surface area contributed by atoms with Crippen LogP contribution in [0.4, 0.5) is 5.69 Å². The predicted octanol–water partition coefficient (Wildman–Crippen LogP) is 2.52. The van der Waals surface area contributed by atoms with Crippen molar-refractivity contribution in [2.75, 3.05) is 24.5 Å². The highest BCUT2D eigenvalue weighted by atomic mass is 79.9. The number of anilines is 1. The predicted molar refractivity (Wildman–Crippen MR) is 88.6 cm³/mol. The molecule has 2 unspecified atom stereocenters. The lowest BCUT2D eigenvalue weighted by atomic mass is 9.89. The Labute approximate surface area is 134 Å². The summed E-state index contributed by atoms with van der Waals surface area (Å²) in [6.07, 6.45) is 5.01. The normalized spacial score (nSPS) is 26.0. The van der Waals surface area contributed by atoms with Gasteiger partial charge in [0.25, 0.3) is 5.91 Å². The van der Waals surface area contributed by atoms with Crippen molar-refractivity contribution in [1.82, 2.24) is 5.32 Å². The second-order valence-corrected chi connectivity index (χ2v) is 6.90. The van der Waals surface area contributed by atoms with E-state index in [1.54, 1.807) is 0 Å². The number of halogens is 1. The number of primary amides is 1. The molecule has 0 spiro atoms. The van der Waals surface area contributed by atoms with E-state index in [1.807, 2.05) is 18.2 Å². The molecule has 0 aliphatic carbocycles. The van der Waals surface area contributed by atoms with Crippen LogP contribution in [0.2, 0.25) is 0 Å². The summed E-state index contributed by atoms with van der Waals surface area (Å²) in [6.45, 7) is 3.15. The van der Waals surface area contributed by atoms with Crippen molar-refractivity contribution < 1.29 is 4.79 Å². The Balaban J connectivity index is 1.83. The summed E-state index contributed by atoms with van der Waals surface area (Å²) in [5, 5.41) is 3.62. The van der Waals surface area contributed by atoms with Gasteiger partial charge in [-0.2, -0.15) is 0 Å². The van der Waals surface area contributed by atoms with Gasteiger partial charge in [0.15, 0.2) is 0 Å². The third-order valence-electron chi connectivity index (χ3n) is 4.70. The van der Waals surface area contributed by atoms with Crippen molar-refractivity contribution in [3.8, 4) is 0 Å². The molecule has 2 heterocycles. The lowest BCUT2D eigenvalue weighted by molar-refractivity contribution is 0.1000. The Hall–Kier alpha value is -1.07. The molecule has 0 bridgehead atoms. The number of amides is 1. The number of rotatable bonds is 3. The summed E-state index contributed by atoms with van der Waals surface area (Å²) >= 11 is 3.46. The molecule has 2 aliphatic rings. The van der Waals surface area contributed by atoms with Gasteiger partial charge >= 0.3 is 0 Å². The number of nitrogens with one attached hydrogen (secondary N) is 1. The van der Waals surface area contributed by atoms with Crippen LogP contribution in [-0.2, 0) is 0 Å². The zero-order valence-electron chi connectivity index (χ0n) is 12.1. The van der Waals surface area contributed by atoms with Gasteiger partial charge in [-0.1, -0.05) is 6.07 Å². The first-order chi connectivity index (χ1) is 10.2. The van der Waals surface area contributed by atoms with Crippen LogP contribution in [0, 0.1) is 5.92 Å². The number of benzene rings is 1. The maximum atomic E-state index is 11.8. The molecule has 0 radical (unpaired) electrons. The molecule has 0 saturated carbocycles. The summed E-state index contributed by atoms with van der Waals surface area (Å²) < 4.78 is 0.786. The Morgan fingerprint density at radius 2 is 2.19 bits per heavy atom. The molecule has 0 aromatic heterocycles. The number of hydrogen-bond donors (Lipinski definition) is 2. The monoisotopic (exact) mass is 351 g/mol. The van der Waals surface area contributed by atoms with E-state index in [0.717, 1.165) is 29.8 Å². The summed E-state index contributed by atoms with van der Waals surface area (Å²) in [7, 11) is 0. The lowest BCUT2D eigenvalue weighted by Crippen LogP contribution is -2.44. The first-order valence-electron chi connectivity index (χ1n) is 7.73. The van der Waals surface area contributed by atoms with Crippen LogP contribution in [0.5, 0.6) is 0 Å². The van der Waals surface area contributed by atoms with E-state index in [9.17, 15) is 4.79 Å². The minimum absolute atomic E-state index is 0.362. The SMILES string of the molecule is NC(=O)c1c(Br)cccc1N1CCCC(C2CCCN2)C1. The number of carbonyl (C=O) groups is 1. The molecular weight excluding hydrogens is 330 g/mol. The molecule has 2 fully saturated rings. The molecular formula is C16H22BrN3O. The number of hydrogen-bond acceptors (Lipinski definition) is 3. The second kappa shape index (κ2) is 6.36.